The Labute approximate surface area is 197 Å². The maximum Gasteiger partial charge on any atom is 0.228 e. The molecule has 3 aliphatic rings. The molecule has 3 fully saturated rings. The quantitative estimate of drug-likeness (QED) is 0.447. The number of aliphatic hydroxyl groups is 1. The molecule has 1 aromatic carbocycles. The highest BCUT2D eigenvalue weighted by molar-refractivity contribution is 6.71. The zero-order chi connectivity index (χ0) is 23.8. The molecule has 7 nitrogen and oxygen atoms in total. The van der Waals surface area contributed by atoms with Crippen LogP contribution in [-0.4, -0.2) is 72.9 Å². The van der Waals surface area contributed by atoms with Crippen molar-refractivity contribution in [2.24, 2.45) is 5.92 Å². The van der Waals surface area contributed by atoms with Crippen LogP contribution in [0, 0.1) is 5.92 Å². The van der Waals surface area contributed by atoms with Gasteiger partial charge in [0.1, 0.15) is 0 Å². The molecular formula is C25H38N2O5Si. The predicted molar refractivity (Wildman–Crippen MR) is 129 cm³/mol. The summed E-state index contributed by atoms with van der Waals surface area (Å²) in [7, 11) is -2.55. The summed E-state index contributed by atoms with van der Waals surface area (Å²) in [5.74, 6) is 0.369. The average molecular weight is 475 g/mol. The minimum absolute atomic E-state index is 0.00204. The first-order valence-electron chi connectivity index (χ1n) is 12.4. The maximum atomic E-state index is 13.0. The molecule has 0 saturated carbocycles. The maximum absolute atomic E-state index is 13.0. The summed E-state index contributed by atoms with van der Waals surface area (Å²) < 4.78 is 6.46. The summed E-state index contributed by atoms with van der Waals surface area (Å²) in [6, 6.07) is 8.05. The van der Waals surface area contributed by atoms with E-state index < -0.39 is 8.32 Å². The Morgan fingerprint density at radius 3 is 2.67 bits per heavy atom. The van der Waals surface area contributed by atoms with Gasteiger partial charge in [0.2, 0.25) is 11.8 Å². The van der Waals surface area contributed by atoms with Gasteiger partial charge < -0.3 is 24.4 Å². The van der Waals surface area contributed by atoms with Crippen LogP contribution >= 0.6 is 0 Å². The first-order valence-corrected chi connectivity index (χ1v) is 15.4. The normalized spacial score (nSPS) is 30.1. The number of benzene rings is 1. The lowest BCUT2D eigenvalue weighted by Gasteiger charge is -2.31. The van der Waals surface area contributed by atoms with Crippen molar-refractivity contribution in [3.8, 4) is 0 Å². The highest BCUT2D eigenvalue weighted by atomic mass is 28.4. The summed E-state index contributed by atoms with van der Waals surface area (Å²) in [6.07, 6.45) is 3.99. The Hall–Kier alpha value is -1.74. The van der Waals surface area contributed by atoms with Gasteiger partial charge in [-0.25, -0.2) is 0 Å². The molecule has 8 heteroatoms. The Morgan fingerprint density at radius 2 is 2.03 bits per heavy atom. The second-order valence-corrected chi connectivity index (χ2v) is 14.5. The molecular weight excluding hydrogens is 436 g/mol. The molecule has 182 valence electrons. The molecule has 4 rings (SSSR count). The summed E-state index contributed by atoms with van der Waals surface area (Å²) >= 11 is 0. The number of β-lactam (4-membered cyclic amide) rings is 1. The van der Waals surface area contributed by atoms with Gasteiger partial charge >= 0.3 is 0 Å². The minimum Gasteiger partial charge on any atom is -0.432 e. The molecule has 1 aromatic rings. The smallest absolute Gasteiger partial charge is 0.228 e. The van der Waals surface area contributed by atoms with Gasteiger partial charge in [-0.2, -0.15) is 0 Å². The van der Waals surface area contributed by atoms with E-state index in [-0.39, 0.29) is 54.6 Å². The zero-order valence-corrected chi connectivity index (χ0v) is 21.1. The van der Waals surface area contributed by atoms with E-state index in [1.165, 1.54) is 5.56 Å². The lowest BCUT2D eigenvalue weighted by Crippen LogP contribution is -2.43. The Kier molecular flexibility index (Phi) is 7.28. The number of nitrogens with zero attached hydrogens (tertiary/aromatic N) is 2. The number of carbonyl (C=O) groups excluding carboxylic acids is 2. The van der Waals surface area contributed by atoms with Crippen LogP contribution in [0.1, 0.15) is 44.6 Å². The Balaban J connectivity index is 1.41. The monoisotopic (exact) mass is 474 g/mol. The first kappa shape index (κ1) is 24.4. The van der Waals surface area contributed by atoms with E-state index in [1.807, 2.05) is 30.1 Å². The number of likely N-dealkylation sites (tertiary alicyclic amines) is 1. The van der Waals surface area contributed by atoms with Crippen molar-refractivity contribution in [3.05, 3.63) is 29.8 Å². The van der Waals surface area contributed by atoms with Crippen molar-refractivity contribution in [2.75, 3.05) is 24.6 Å². The summed E-state index contributed by atoms with van der Waals surface area (Å²) in [6.45, 7) is 7.51. The summed E-state index contributed by atoms with van der Waals surface area (Å²) in [4.78, 5) is 39.5. The standard InChI is InChI=1S/C25H38N2O5Si/c1-17-21(10-9-18-6-4-7-19(14-18)27-13-11-23(27)29)32-22(25(17)33(2,3)31)15-24(30)26-12-5-8-20(26)16-28/h4,6-7,14,17,20-22,25,28,31H,5,8-13,15-16H2,1-3H3/t17-,20+,21+,22-,25+/m1/s1. The minimum atomic E-state index is -2.55. The molecule has 0 bridgehead atoms. The number of rotatable bonds is 8. The van der Waals surface area contributed by atoms with Crippen molar-refractivity contribution in [3.63, 3.8) is 0 Å². The molecule has 3 heterocycles. The van der Waals surface area contributed by atoms with Gasteiger partial charge in [0, 0.05) is 30.7 Å². The van der Waals surface area contributed by atoms with Gasteiger partial charge in [-0.1, -0.05) is 19.1 Å². The van der Waals surface area contributed by atoms with Gasteiger partial charge in [0.05, 0.1) is 31.3 Å². The third-order valence-electron chi connectivity index (χ3n) is 7.79. The number of carbonyl (C=O) groups is 2. The van der Waals surface area contributed by atoms with Crippen LogP contribution in [-0.2, 0) is 20.7 Å². The zero-order valence-electron chi connectivity index (χ0n) is 20.1. The van der Waals surface area contributed by atoms with Gasteiger partial charge in [0.15, 0.2) is 8.32 Å². The number of ether oxygens (including phenoxy) is 1. The first-order chi connectivity index (χ1) is 15.7. The van der Waals surface area contributed by atoms with Gasteiger partial charge in [-0.05, 0) is 62.4 Å². The fourth-order valence-electron chi connectivity index (χ4n) is 6.03. The van der Waals surface area contributed by atoms with Crippen LogP contribution in [0.2, 0.25) is 18.6 Å². The fourth-order valence-corrected chi connectivity index (χ4v) is 8.63. The number of aliphatic hydroxyl groups excluding tert-OH is 1. The lowest BCUT2D eigenvalue weighted by atomic mass is 9.94. The van der Waals surface area contributed by atoms with Crippen molar-refractivity contribution in [1.29, 1.82) is 0 Å². The third-order valence-corrected chi connectivity index (χ3v) is 10.3. The van der Waals surface area contributed by atoms with E-state index in [9.17, 15) is 19.5 Å². The molecule has 33 heavy (non-hydrogen) atoms. The largest absolute Gasteiger partial charge is 0.432 e. The average Bonchev–Trinajstić information content (AvgIpc) is 3.35. The molecule has 0 aromatic heterocycles. The fraction of sp³-hybridized carbons (Fsp3) is 0.680. The van der Waals surface area contributed by atoms with Crippen molar-refractivity contribution in [2.45, 2.75) is 82.3 Å². The van der Waals surface area contributed by atoms with Crippen molar-refractivity contribution < 1.29 is 24.2 Å². The molecule has 0 radical (unpaired) electrons. The second-order valence-electron chi connectivity index (χ2n) is 10.5. The molecule has 3 aliphatic heterocycles. The molecule has 2 N–H and O–H groups in total. The number of hydrogen-bond donors (Lipinski definition) is 2. The van der Waals surface area contributed by atoms with Crippen LogP contribution < -0.4 is 4.90 Å². The number of aryl methyl sites for hydroxylation is 1. The van der Waals surface area contributed by atoms with Crippen LogP contribution in [0.4, 0.5) is 5.69 Å². The lowest BCUT2D eigenvalue weighted by molar-refractivity contribution is -0.135. The van der Waals surface area contributed by atoms with Crippen LogP contribution in [0.5, 0.6) is 0 Å². The molecule has 2 amide bonds. The molecule has 0 aliphatic carbocycles. The van der Waals surface area contributed by atoms with Crippen molar-refractivity contribution >= 4 is 25.8 Å². The van der Waals surface area contributed by atoms with Crippen LogP contribution in [0.15, 0.2) is 24.3 Å². The SMILES string of the molecule is C[C@H]1[C@H]([Si](C)(C)O)[C@@H](CC(=O)N2CCC[C@H]2CO)O[C@H]1CCc1cccc(N2CCC2=O)c1. The van der Waals surface area contributed by atoms with Crippen molar-refractivity contribution in [1.82, 2.24) is 4.90 Å². The third kappa shape index (κ3) is 5.19. The van der Waals surface area contributed by atoms with Gasteiger partial charge in [-0.15, -0.1) is 0 Å². The summed E-state index contributed by atoms with van der Waals surface area (Å²) in [5.41, 5.74) is 2.12. The van der Waals surface area contributed by atoms with Gasteiger partial charge in [0.25, 0.3) is 0 Å². The number of amides is 2. The highest BCUT2D eigenvalue weighted by Crippen LogP contribution is 2.46. The molecule has 0 spiro atoms. The Morgan fingerprint density at radius 1 is 1.24 bits per heavy atom. The highest BCUT2D eigenvalue weighted by Gasteiger charge is 2.50. The van der Waals surface area contributed by atoms with E-state index in [2.05, 4.69) is 19.1 Å². The molecule has 5 atom stereocenters. The van der Waals surface area contributed by atoms with E-state index >= 15 is 0 Å². The number of hydrogen-bond acceptors (Lipinski definition) is 5. The second kappa shape index (κ2) is 9.86. The van der Waals surface area contributed by atoms with E-state index in [0.29, 0.717) is 13.0 Å². The van der Waals surface area contributed by atoms with Gasteiger partial charge in [-0.3, -0.25) is 9.59 Å². The topological polar surface area (TPSA) is 90.3 Å². The van der Waals surface area contributed by atoms with E-state index in [0.717, 1.165) is 37.9 Å². The van der Waals surface area contributed by atoms with E-state index in [4.69, 9.17) is 4.74 Å². The predicted octanol–water partition coefficient (Wildman–Crippen LogP) is 2.70. The Bertz CT molecular complexity index is 873. The van der Waals surface area contributed by atoms with Crippen LogP contribution in [0.3, 0.4) is 0 Å². The summed E-state index contributed by atoms with van der Waals surface area (Å²) in [5, 5.41) is 9.60. The molecule has 0 unspecified atom stereocenters. The number of anilines is 1. The van der Waals surface area contributed by atoms with Crippen LogP contribution in [0.25, 0.3) is 0 Å². The molecule has 3 saturated heterocycles. The van der Waals surface area contributed by atoms with E-state index in [1.54, 1.807) is 4.90 Å².